The summed E-state index contributed by atoms with van der Waals surface area (Å²) < 4.78 is 10.2. The number of para-hydroxylation sites is 1. The molecule has 1 amide bonds. The van der Waals surface area contributed by atoms with Crippen LogP contribution in [0.4, 0.5) is 5.69 Å². The van der Waals surface area contributed by atoms with E-state index in [0.29, 0.717) is 23.0 Å². The van der Waals surface area contributed by atoms with Gasteiger partial charge in [-0.1, -0.05) is 23.4 Å². The highest BCUT2D eigenvalue weighted by Gasteiger charge is 2.36. The van der Waals surface area contributed by atoms with E-state index in [0.717, 1.165) is 0 Å². The van der Waals surface area contributed by atoms with Crippen molar-refractivity contribution in [2.75, 3.05) is 18.1 Å². The Hall–Kier alpha value is -2.74. The van der Waals surface area contributed by atoms with Crippen LogP contribution in [0, 0.1) is 6.92 Å². The molecule has 120 valence electrons. The summed E-state index contributed by atoms with van der Waals surface area (Å²) in [6.45, 7) is 1.63. The van der Waals surface area contributed by atoms with E-state index in [1.54, 1.807) is 31.2 Å². The third kappa shape index (κ3) is 3.07. The smallest absolute Gasteiger partial charge is 0.312 e. The van der Waals surface area contributed by atoms with Crippen molar-refractivity contribution in [1.82, 2.24) is 10.1 Å². The highest BCUT2D eigenvalue weighted by molar-refractivity contribution is 5.99. The molecule has 1 aliphatic heterocycles. The minimum absolute atomic E-state index is 0.0322. The summed E-state index contributed by atoms with van der Waals surface area (Å²) in [6, 6.07) is 6.99. The van der Waals surface area contributed by atoms with Crippen LogP contribution in [0.2, 0.25) is 0 Å². The number of benzene rings is 1. The van der Waals surface area contributed by atoms with Gasteiger partial charge >= 0.3 is 5.97 Å². The molecular weight excluding hydrogens is 302 g/mol. The van der Waals surface area contributed by atoms with Gasteiger partial charge in [0.1, 0.15) is 19.1 Å². The van der Waals surface area contributed by atoms with Gasteiger partial charge in [-0.3, -0.25) is 9.59 Å². The van der Waals surface area contributed by atoms with Crippen LogP contribution >= 0.6 is 0 Å². The molecule has 2 aromatic rings. The fourth-order valence-corrected chi connectivity index (χ4v) is 2.56. The first-order valence-electron chi connectivity index (χ1n) is 7.05. The molecule has 0 radical (unpaired) electrons. The number of amides is 1. The van der Waals surface area contributed by atoms with Gasteiger partial charge in [-0.15, -0.1) is 0 Å². The highest BCUT2D eigenvalue weighted by atomic mass is 16.5. The number of aromatic nitrogens is 2. The van der Waals surface area contributed by atoms with Gasteiger partial charge in [0.25, 0.3) is 11.8 Å². The van der Waals surface area contributed by atoms with E-state index in [4.69, 9.17) is 9.26 Å². The van der Waals surface area contributed by atoms with Gasteiger partial charge in [-0.2, -0.15) is 4.98 Å². The maximum absolute atomic E-state index is 12.3. The summed E-state index contributed by atoms with van der Waals surface area (Å²) in [5.74, 6) is -1.19. The molecule has 0 bridgehead atoms. The Balaban J connectivity index is 1.65. The first-order valence-corrected chi connectivity index (χ1v) is 7.05. The molecule has 8 nitrogen and oxygen atoms in total. The van der Waals surface area contributed by atoms with Gasteiger partial charge in [-0.05, 0) is 18.6 Å². The predicted molar refractivity (Wildman–Crippen MR) is 77.9 cm³/mol. The van der Waals surface area contributed by atoms with Crippen molar-refractivity contribution in [3.05, 3.63) is 41.5 Å². The fourth-order valence-electron chi connectivity index (χ4n) is 2.56. The van der Waals surface area contributed by atoms with E-state index in [9.17, 15) is 14.7 Å². The third-order valence-electron chi connectivity index (χ3n) is 3.59. The molecule has 1 aromatic carbocycles. The van der Waals surface area contributed by atoms with E-state index < -0.39 is 11.9 Å². The number of carboxylic acids is 1. The maximum atomic E-state index is 12.3. The molecule has 1 N–H and O–H groups in total. The molecule has 0 spiro atoms. The molecule has 1 atom stereocenters. The van der Waals surface area contributed by atoms with Gasteiger partial charge in [0.2, 0.25) is 0 Å². The lowest BCUT2D eigenvalue weighted by Gasteiger charge is -2.17. The molecule has 1 unspecified atom stereocenters. The Kier molecular flexibility index (Phi) is 4.07. The molecule has 2 heterocycles. The number of hydrogen-bond donors (Lipinski definition) is 1. The summed E-state index contributed by atoms with van der Waals surface area (Å²) >= 11 is 0. The zero-order chi connectivity index (χ0) is 16.4. The van der Waals surface area contributed by atoms with Crippen LogP contribution < -0.4 is 4.90 Å². The van der Waals surface area contributed by atoms with Crippen LogP contribution in [-0.4, -0.2) is 40.3 Å². The van der Waals surface area contributed by atoms with Crippen molar-refractivity contribution in [3.8, 4) is 0 Å². The van der Waals surface area contributed by atoms with Gasteiger partial charge in [-0.25, -0.2) is 0 Å². The van der Waals surface area contributed by atoms with Gasteiger partial charge < -0.3 is 19.3 Å². The fraction of sp³-hybridized carbons (Fsp3) is 0.333. The van der Waals surface area contributed by atoms with Crippen LogP contribution in [0.1, 0.15) is 23.2 Å². The molecular formula is C15H15N3O5. The Labute approximate surface area is 131 Å². The summed E-state index contributed by atoms with van der Waals surface area (Å²) in [6.07, 6.45) is 0. The Bertz CT molecular complexity index is 742. The number of rotatable bonds is 5. The number of carbonyl (C=O) groups is 2. The molecule has 0 saturated carbocycles. The quantitative estimate of drug-likeness (QED) is 0.880. The SMILES string of the molecule is Cc1noc(COCC(=O)N2CC(C(=O)O)c3ccccc32)n1. The second-order valence-electron chi connectivity index (χ2n) is 5.18. The summed E-state index contributed by atoms with van der Waals surface area (Å²) in [4.78, 5) is 29.1. The summed E-state index contributed by atoms with van der Waals surface area (Å²) in [5, 5.41) is 12.9. The average Bonchev–Trinajstić information content (AvgIpc) is 3.11. The standard InChI is InChI=1S/C15H15N3O5/c1-9-16-13(23-17-9)7-22-8-14(19)18-6-11(15(20)21)10-4-2-3-5-12(10)18/h2-5,11H,6-8H2,1H3,(H,20,21). The molecule has 1 aliphatic rings. The van der Waals surface area contributed by atoms with Gasteiger partial charge in [0, 0.05) is 12.2 Å². The maximum Gasteiger partial charge on any atom is 0.312 e. The normalized spacial score (nSPS) is 16.4. The minimum atomic E-state index is -0.949. The summed E-state index contributed by atoms with van der Waals surface area (Å²) in [7, 11) is 0. The van der Waals surface area contributed by atoms with E-state index >= 15 is 0 Å². The first-order chi connectivity index (χ1) is 11.1. The third-order valence-corrected chi connectivity index (χ3v) is 3.59. The van der Waals surface area contributed by atoms with Crippen molar-refractivity contribution in [2.24, 2.45) is 0 Å². The number of ether oxygens (including phenoxy) is 1. The monoisotopic (exact) mass is 317 g/mol. The molecule has 0 aliphatic carbocycles. The van der Waals surface area contributed by atoms with E-state index in [1.807, 2.05) is 0 Å². The number of aryl methyl sites for hydroxylation is 1. The lowest BCUT2D eigenvalue weighted by atomic mass is 10.0. The number of aliphatic carboxylic acids is 1. The van der Waals surface area contributed by atoms with Crippen LogP contribution in [-0.2, 0) is 20.9 Å². The zero-order valence-corrected chi connectivity index (χ0v) is 12.4. The number of nitrogens with zero attached hydrogens (tertiary/aromatic N) is 3. The average molecular weight is 317 g/mol. The molecule has 0 fully saturated rings. The molecule has 1 aromatic heterocycles. The number of fused-ring (bicyclic) bond motifs is 1. The van der Waals surface area contributed by atoms with Crippen LogP contribution in [0.5, 0.6) is 0 Å². The van der Waals surface area contributed by atoms with Crippen LogP contribution in [0.3, 0.4) is 0 Å². The summed E-state index contributed by atoms with van der Waals surface area (Å²) in [5.41, 5.74) is 1.25. The second kappa shape index (κ2) is 6.17. The van der Waals surface area contributed by atoms with E-state index in [1.165, 1.54) is 4.90 Å². The number of hydrogen-bond acceptors (Lipinski definition) is 6. The van der Waals surface area contributed by atoms with Crippen LogP contribution in [0.25, 0.3) is 0 Å². The molecule has 0 saturated heterocycles. The van der Waals surface area contributed by atoms with Crippen molar-refractivity contribution in [2.45, 2.75) is 19.4 Å². The number of carbonyl (C=O) groups excluding carboxylic acids is 1. The predicted octanol–water partition coefficient (Wildman–Crippen LogP) is 1.11. The van der Waals surface area contributed by atoms with Crippen LogP contribution in [0.15, 0.2) is 28.8 Å². The Morgan fingerprint density at radius 2 is 2.22 bits per heavy atom. The molecule has 3 rings (SSSR count). The first kappa shape index (κ1) is 15.2. The lowest BCUT2D eigenvalue weighted by molar-refractivity contribution is -0.138. The zero-order valence-electron chi connectivity index (χ0n) is 12.4. The Morgan fingerprint density at radius 3 is 2.91 bits per heavy atom. The van der Waals surface area contributed by atoms with Crippen molar-refractivity contribution < 1.29 is 24.0 Å². The number of carboxylic acid groups (broad SMARTS) is 1. The number of anilines is 1. The van der Waals surface area contributed by atoms with E-state index in [2.05, 4.69) is 10.1 Å². The highest BCUT2D eigenvalue weighted by Crippen LogP contribution is 2.36. The van der Waals surface area contributed by atoms with Gasteiger partial charge in [0.05, 0.1) is 0 Å². The van der Waals surface area contributed by atoms with Crippen molar-refractivity contribution in [1.29, 1.82) is 0 Å². The van der Waals surface area contributed by atoms with Gasteiger partial charge in [0.15, 0.2) is 5.82 Å². The van der Waals surface area contributed by atoms with E-state index in [-0.39, 0.29) is 25.7 Å². The lowest BCUT2D eigenvalue weighted by Crippen LogP contribution is -2.34. The topological polar surface area (TPSA) is 106 Å². The Morgan fingerprint density at radius 1 is 1.43 bits per heavy atom. The second-order valence-corrected chi connectivity index (χ2v) is 5.18. The molecule has 23 heavy (non-hydrogen) atoms. The largest absolute Gasteiger partial charge is 0.481 e. The molecule has 8 heteroatoms. The van der Waals surface area contributed by atoms with Crippen molar-refractivity contribution >= 4 is 17.6 Å². The van der Waals surface area contributed by atoms with Crippen molar-refractivity contribution in [3.63, 3.8) is 0 Å². The minimum Gasteiger partial charge on any atom is -0.481 e.